The zero-order valence-electron chi connectivity index (χ0n) is 18.0. The topological polar surface area (TPSA) is 76.9 Å². The Bertz CT molecular complexity index is 1070. The lowest BCUT2D eigenvalue weighted by atomic mass is 10.1. The van der Waals surface area contributed by atoms with Crippen LogP contribution in [0, 0.1) is 6.92 Å². The molecule has 0 aliphatic carbocycles. The van der Waals surface area contributed by atoms with Crippen LogP contribution in [0.1, 0.15) is 21.7 Å². The number of methoxy groups -OCH3 is 2. The minimum absolute atomic E-state index is 0.0620. The van der Waals surface area contributed by atoms with Crippen LogP contribution in [0.4, 0.5) is 18.9 Å². The van der Waals surface area contributed by atoms with E-state index in [0.29, 0.717) is 24.5 Å². The minimum atomic E-state index is -4.71. The Labute approximate surface area is 197 Å². The standard InChI is InChI=1S/C20H21Cl2F3N4O4/c1-11-17(22)18(20(23,24)25)26-29(11)10-16(30)28-6-4-27(5-7-28)14-9-15(32-2)13(21)8-12(14)19(31)33-3/h8-9H,4-7,10H2,1-3H3. The summed E-state index contributed by atoms with van der Waals surface area (Å²) >= 11 is 11.9. The zero-order chi connectivity index (χ0) is 24.5. The highest BCUT2D eigenvalue weighted by Gasteiger charge is 2.38. The van der Waals surface area contributed by atoms with Gasteiger partial charge in [0.1, 0.15) is 12.3 Å². The molecule has 0 N–H and O–H groups in total. The number of anilines is 1. The van der Waals surface area contributed by atoms with Gasteiger partial charge in [-0.1, -0.05) is 23.2 Å². The van der Waals surface area contributed by atoms with Crippen molar-refractivity contribution in [2.24, 2.45) is 0 Å². The van der Waals surface area contributed by atoms with Gasteiger partial charge in [0.25, 0.3) is 0 Å². The Balaban J connectivity index is 1.73. The molecule has 0 radical (unpaired) electrons. The first-order chi connectivity index (χ1) is 15.5. The summed E-state index contributed by atoms with van der Waals surface area (Å²) in [7, 11) is 2.71. The van der Waals surface area contributed by atoms with Crippen LogP contribution in [0.3, 0.4) is 0 Å². The maximum Gasteiger partial charge on any atom is 0.436 e. The van der Waals surface area contributed by atoms with E-state index in [2.05, 4.69) is 5.10 Å². The molecule has 1 amide bonds. The number of piperazine rings is 1. The van der Waals surface area contributed by atoms with Crippen LogP contribution in [0.15, 0.2) is 12.1 Å². The molecule has 2 aromatic rings. The van der Waals surface area contributed by atoms with Gasteiger partial charge in [-0.25, -0.2) is 4.79 Å². The lowest BCUT2D eigenvalue weighted by molar-refractivity contribution is -0.142. The van der Waals surface area contributed by atoms with Crippen LogP contribution < -0.4 is 9.64 Å². The monoisotopic (exact) mass is 508 g/mol. The van der Waals surface area contributed by atoms with Crippen molar-refractivity contribution in [2.75, 3.05) is 45.3 Å². The molecule has 0 spiro atoms. The third-order valence-corrected chi connectivity index (χ3v) is 6.08. The fourth-order valence-corrected chi connectivity index (χ4v) is 4.00. The summed E-state index contributed by atoms with van der Waals surface area (Å²) in [4.78, 5) is 28.3. The first kappa shape index (κ1) is 25.0. The number of alkyl halides is 3. The number of rotatable bonds is 5. The molecule has 0 saturated carbocycles. The van der Waals surface area contributed by atoms with Crippen molar-refractivity contribution in [3.63, 3.8) is 0 Å². The van der Waals surface area contributed by atoms with Crippen LogP contribution in [0.5, 0.6) is 5.75 Å². The van der Waals surface area contributed by atoms with Crippen molar-refractivity contribution in [1.82, 2.24) is 14.7 Å². The number of esters is 1. The number of halogens is 5. The van der Waals surface area contributed by atoms with Gasteiger partial charge in [-0.3, -0.25) is 9.48 Å². The van der Waals surface area contributed by atoms with E-state index < -0.39 is 28.8 Å². The Morgan fingerprint density at radius 1 is 1.12 bits per heavy atom. The fraction of sp³-hybridized carbons (Fsp3) is 0.450. The summed E-state index contributed by atoms with van der Waals surface area (Å²) in [6.45, 7) is 2.30. The highest BCUT2D eigenvalue weighted by Crippen LogP contribution is 2.36. The van der Waals surface area contributed by atoms with E-state index in [0.717, 1.165) is 4.68 Å². The van der Waals surface area contributed by atoms with E-state index in [1.54, 1.807) is 6.07 Å². The molecule has 1 aliphatic rings. The van der Waals surface area contributed by atoms with Crippen molar-refractivity contribution < 1.29 is 32.2 Å². The van der Waals surface area contributed by atoms with Gasteiger partial charge in [-0.2, -0.15) is 18.3 Å². The molecule has 13 heteroatoms. The number of hydrogen-bond donors (Lipinski definition) is 0. The molecule has 3 rings (SSSR count). The largest absolute Gasteiger partial charge is 0.495 e. The van der Waals surface area contributed by atoms with Crippen LogP contribution in [-0.4, -0.2) is 67.0 Å². The quantitative estimate of drug-likeness (QED) is 0.573. The number of hydrogen-bond acceptors (Lipinski definition) is 6. The number of amides is 1. The number of carbonyl (C=O) groups is 2. The van der Waals surface area contributed by atoms with Crippen molar-refractivity contribution in [3.8, 4) is 5.75 Å². The van der Waals surface area contributed by atoms with E-state index in [1.165, 1.54) is 32.1 Å². The Morgan fingerprint density at radius 3 is 2.27 bits per heavy atom. The second kappa shape index (κ2) is 9.68. The molecule has 1 fully saturated rings. The van der Waals surface area contributed by atoms with Gasteiger partial charge in [-0.05, 0) is 13.0 Å². The third kappa shape index (κ3) is 5.14. The molecule has 8 nitrogen and oxygen atoms in total. The SMILES string of the molecule is COC(=O)c1cc(Cl)c(OC)cc1N1CCN(C(=O)Cn2nc(C(F)(F)F)c(Cl)c2C)CC1. The van der Waals surface area contributed by atoms with Gasteiger partial charge in [-0.15, -0.1) is 0 Å². The maximum absolute atomic E-state index is 13.0. The lowest BCUT2D eigenvalue weighted by Crippen LogP contribution is -2.50. The molecule has 2 heterocycles. The van der Waals surface area contributed by atoms with Crippen LogP contribution in [0.2, 0.25) is 10.0 Å². The predicted molar refractivity (Wildman–Crippen MR) is 115 cm³/mol. The Morgan fingerprint density at radius 2 is 1.76 bits per heavy atom. The lowest BCUT2D eigenvalue weighted by Gasteiger charge is -2.37. The maximum atomic E-state index is 13.0. The van der Waals surface area contributed by atoms with Gasteiger partial charge in [0.05, 0.1) is 41.2 Å². The predicted octanol–water partition coefficient (Wildman–Crippen LogP) is 3.66. The number of aromatic nitrogens is 2. The molecule has 1 saturated heterocycles. The third-order valence-electron chi connectivity index (χ3n) is 5.34. The minimum Gasteiger partial charge on any atom is -0.495 e. The summed E-state index contributed by atoms with van der Waals surface area (Å²) in [6.07, 6.45) is -4.71. The highest BCUT2D eigenvalue weighted by atomic mass is 35.5. The highest BCUT2D eigenvalue weighted by molar-refractivity contribution is 6.32. The normalized spacial score (nSPS) is 14.4. The molecule has 0 unspecified atom stereocenters. The van der Waals surface area contributed by atoms with Gasteiger partial charge < -0.3 is 19.3 Å². The average molecular weight is 509 g/mol. The number of nitrogens with zero attached hydrogens (tertiary/aromatic N) is 4. The van der Waals surface area contributed by atoms with Crippen LogP contribution >= 0.6 is 23.2 Å². The number of ether oxygens (including phenoxy) is 2. The summed E-state index contributed by atoms with van der Waals surface area (Å²) in [5.74, 6) is -0.587. The summed E-state index contributed by atoms with van der Waals surface area (Å²) in [5.41, 5.74) is -0.359. The Kier molecular flexibility index (Phi) is 7.32. The van der Waals surface area contributed by atoms with E-state index in [4.69, 9.17) is 32.7 Å². The second-order valence-corrected chi connectivity index (χ2v) is 8.05. The fourth-order valence-electron chi connectivity index (χ4n) is 3.52. The van der Waals surface area contributed by atoms with Crippen molar-refractivity contribution in [1.29, 1.82) is 0 Å². The average Bonchev–Trinajstić information content (AvgIpc) is 3.07. The first-order valence-corrected chi connectivity index (χ1v) is 10.5. The Hall–Kier alpha value is -2.66. The van der Waals surface area contributed by atoms with Gasteiger partial charge >= 0.3 is 12.1 Å². The molecular weight excluding hydrogens is 488 g/mol. The zero-order valence-corrected chi connectivity index (χ0v) is 19.5. The van der Waals surface area contributed by atoms with E-state index in [9.17, 15) is 22.8 Å². The molecule has 180 valence electrons. The van der Waals surface area contributed by atoms with E-state index in [-0.39, 0.29) is 35.9 Å². The van der Waals surface area contributed by atoms with Crippen LogP contribution in [0.25, 0.3) is 0 Å². The second-order valence-electron chi connectivity index (χ2n) is 7.27. The number of carbonyl (C=O) groups excluding carboxylic acids is 2. The van der Waals surface area contributed by atoms with Crippen LogP contribution in [-0.2, 0) is 22.3 Å². The summed E-state index contributed by atoms with van der Waals surface area (Å²) in [5, 5.41) is 3.20. The first-order valence-electron chi connectivity index (χ1n) is 9.76. The molecule has 1 aromatic heterocycles. The van der Waals surface area contributed by atoms with Gasteiger partial charge in [0.2, 0.25) is 5.91 Å². The number of benzene rings is 1. The van der Waals surface area contributed by atoms with Gasteiger partial charge in [0.15, 0.2) is 5.69 Å². The van der Waals surface area contributed by atoms with Crippen molar-refractivity contribution in [2.45, 2.75) is 19.6 Å². The summed E-state index contributed by atoms with van der Waals surface area (Å²) < 4.78 is 50.1. The molecule has 0 atom stereocenters. The molecular formula is C20H21Cl2F3N4O4. The molecule has 33 heavy (non-hydrogen) atoms. The molecule has 1 aliphatic heterocycles. The van der Waals surface area contributed by atoms with E-state index in [1.807, 2.05) is 4.90 Å². The van der Waals surface area contributed by atoms with Crippen molar-refractivity contribution in [3.05, 3.63) is 39.1 Å². The molecule has 1 aromatic carbocycles. The summed E-state index contributed by atoms with van der Waals surface area (Å²) in [6, 6.07) is 3.08. The smallest absolute Gasteiger partial charge is 0.436 e. The van der Waals surface area contributed by atoms with E-state index >= 15 is 0 Å². The van der Waals surface area contributed by atoms with Crippen molar-refractivity contribution >= 4 is 40.8 Å². The molecule has 0 bridgehead atoms. The van der Waals surface area contributed by atoms with Gasteiger partial charge in [0, 0.05) is 32.2 Å².